The number of nitrogens with one attached hydrogen (secondary N) is 1. The van der Waals surface area contributed by atoms with Crippen LogP contribution in [0.5, 0.6) is 0 Å². The van der Waals surface area contributed by atoms with Crippen LogP contribution in [0.3, 0.4) is 0 Å². The third-order valence-corrected chi connectivity index (χ3v) is 6.61. The van der Waals surface area contributed by atoms with Gasteiger partial charge in [0.05, 0.1) is 11.3 Å². The average molecular weight is 326 g/mol. The molecule has 120 valence electrons. The van der Waals surface area contributed by atoms with E-state index >= 15 is 0 Å². The molecule has 0 radical (unpaired) electrons. The molecule has 1 fully saturated rings. The number of halogens is 1. The van der Waals surface area contributed by atoms with Gasteiger partial charge in [-0.25, -0.2) is 17.5 Å². The second-order valence-corrected chi connectivity index (χ2v) is 8.00. The van der Waals surface area contributed by atoms with Crippen LogP contribution in [-0.2, 0) is 16.4 Å². The zero-order valence-corrected chi connectivity index (χ0v) is 13.0. The van der Waals surface area contributed by atoms with Gasteiger partial charge in [-0.1, -0.05) is 12.8 Å². The highest BCUT2D eigenvalue weighted by Crippen LogP contribution is 2.37. The van der Waals surface area contributed by atoms with E-state index < -0.39 is 27.8 Å². The summed E-state index contributed by atoms with van der Waals surface area (Å²) in [7, 11) is -3.47. The molecule has 1 saturated carbocycles. The van der Waals surface area contributed by atoms with E-state index in [9.17, 15) is 17.6 Å². The molecule has 1 amide bonds. The molecule has 1 atom stereocenters. The smallest absolute Gasteiger partial charge is 0.248 e. The first-order chi connectivity index (χ1) is 10.4. The molecule has 5 nitrogen and oxygen atoms in total. The van der Waals surface area contributed by atoms with Crippen LogP contribution in [0, 0.1) is 5.82 Å². The Morgan fingerprint density at radius 3 is 2.55 bits per heavy atom. The summed E-state index contributed by atoms with van der Waals surface area (Å²) in [6.07, 6.45) is 4.02. The van der Waals surface area contributed by atoms with Gasteiger partial charge in [0.2, 0.25) is 15.9 Å². The van der Waals surface area contributed by atoms with Gasteiger partial charge in [-0.3, -0.25) is 4.79 Å². The van der Waals surface area contributed by atoms with Crippen LogP contribution in [-0.4, -0.2) is 19.6 Å². The van der Waals surface area contributed by atoms with Gasteiger partial charge in [0.1, 0.15) is 5.82 Å². The number of benzene rings is 1. The molecule has 3 rings (SSSR count). The Morgan fingerprint density at radius 2 is 1.91 bits per heavy atom. The molecule has 1 aromatic carbocycles. The quantitative estimate of drug-likeness (QED) is 0.884. The maximum Gasteiger partial charge on any atom is 0.248 e. The molecular formula is C15H19FN2O3S. The molecule has 0 saturated heterocycles. The summed E-state index contributed by atoms with van der Waals surface area (Å²) in [4.78, 5) is 11.4. The van der Waals surface area contributed by atoms with Gasteiger partial charge in [0.15, 0.2) is 0 Å². The van der Waals surface area contributed by atoms with Crippen molar-refractivity contribution in [1.82, 2.24) is 4.72 Å². The molecule has 0 aromatic heterocycles. The fraction of sp³-hybridized carbons (Fsp3) is 0.533. The number of sulfonamides is 1. The van der Waals surface area contributed by atoms with Crippen LogP contribution in [0.2, 0.25) is 0 Å². The van der Waals surface area contributed by atoms with Gasteiger partial charge in [0.25, 0.3) is 0 Å². The number of amides is 1. The maximum atomic E-state index is 14.1. The van der Waals surface area contributed by atoms with Crippen molar-refractivity contribution in [2.24, 2.45) is 5.73 Å². The molecule has 2 aliphatic rings. The molecule has 7 heteroatoms. The van der Waals surface area contributed by atoms with E-state index in [-0.39, 0.29) is 16.4 Å². The second-order valence-electron chi connectivity index (χ2n) is 6.01. The molecular weight excluding hydrogens is 307 g/mol. The van der Waals surface area contributed by atoms with E-state index in [1.807, 2.05) is 0 Å². The van der Waals surface area contributed by atoms with Crippen LogP contribution >= 0.6 is 0 Å². The summed E-state index contributed by atoms with van der Waals surface area (Å²) in [5, 5.41) is -0.390. The van der Waals surface area contributed by atoms with Crippen LogP contribution in [0.25, 0.3) is 0 Å². The first-order valence-electron chi connectivity index (χ1n) is 7.52. The third kappa shape index (κ3) is 2.63. The molecule has 2 aliphatic carbocycles. The van der Waals surface area contributed by atoms with Gasteiger partial charge in [-0.15, -0.1) is 0 Å². The minimum atomic E-state index is -3.47. The van der Waals surface area contributed by atoms with E-state index in [1.54, 1.807) is 0 Å². The fourth-order valence-electron chi connectivity index (χ4n) is 3.56. The van der Waals surface area contributed by atoms with Gasteiger partial charge in [-0.2, -0.15) is 0 Å². The highest BCUT2D eigenvalue weighted by atomic mass is 32.2. The number of primary amides is 1. The zero-order chi connectivity index (χ0) is 15.9. The third-order valence-electron chi connectivity index (χ3n) is 4.65. The van der Waals surface area contributed by atoms with E-state index in [2.05, 4.69) is 4.72 Å². The van der Waals surface area contributed by atoms with Gasteiger partial charge in [0, 0.05) is 11.1 Å². The number of carbonyl (C=O) groups is 1. The Bertz CT molecular complexity index is 712. The lowest BCUT2D eigenvalue weighted by Crippen LogP contribution is -2.35. The zero-order valence-electron chi connectivity index (χ0n) is 12.1. The highest BCUT2D eigenvalue weighted by Gasteiger charge is 2.35. The summed E-state index contributed by atoms with van der Waals surface area (Å²) in [5.74, 6) is -1.10. The van der Waals surface area contributed by atoms with Crippen molar-refractivity contribution in [3.8, 4) is 0 Å². The predicted octanol–water partition coefficient (Wildman–Crippen LogP) is 1.77. The van der Waals surface area contributed by atoms with Crippen LogP contribution in [0.15, 0.2) is 12.1 Å². The fourth-order valence-corrected chi connectivity index (χ4v) is 5.34. The minimum absolute atomic E-state index is 0.276. The van der Waals surface area contributed by atoms with Crippen molar-refractivity contribution in [2.45, 2.75) is 49.8 Å². The Hall–Kier alpha value is -1.47. The summed E-state index contributed by atoms with van der Waals surface area (Å²) >= 11 is 0. The van der Waals surface area contributed by atoms with E-state index in [1.165, 1.54) is 12.1 Å². The molecule has 22 heavy (non-hydrogen) atoms. The SMILES string of the molecule is NC(=O)c1ccc(F)c2c1CCC2NS(=O)(=O)C1CCCC1. The number of carbonyl (C=O) groups excluding carboxylic acids is 1. The molecule has 1 unspecified atom stereocenters. The summed E-state index contributed by atoms with van der Waals surface area (Å²) in [6.45, 7) is 0. The molecule has 3 N–H and O–H groups in total. The summed E-state index contributed by atoms with van der Waals surface area (Å²) in [6, 6.07) is 1.94. The number of nitrogens with two attached hydrogens (primary N) is 1. The van der Waals surface area contributed by atoms with E-state index in [4.69, 9.17) is 5.73 Å². The van der Waals surface area contributed by atoms with Crippen LogP contribution in [0.4, 0.5) is 4.39 Å². The summed E-state index contributed by atoms with van der Waals surface area (Å²) in [5.41, 5.74) is 6.40. The predicted molar refractivity (Wildman–Crippen MR) is 80.3 cm³/mol. The van der Waals surface area contributed by atoms with Crippen molar-refractivity contribution in [3.05, 3.63) is 34.6 Å². The second kappa shape index (κ2) is 5.62. The largest absolute Gasteiger partial charge is 0.366 e. The Labute approximate surface area is 129 Å². The molecule has 0 bridgehead atoms. The summed E-state index contributed by atoms with van der Waals surface area (Å²) < 4.78 is 41.6. The first kappa shape index (κ1) is 15.4. The van der Waals surface area contributed by atoms with Crippen LogP contribution in [0.1, 0.15) is 59.6 Å². The minimum Gasteiger partial charge on any atom is -0.366 e. The average Bonchev–Trinajstić information content (AvgIpc) is 3.08. The lowest BCUT2D eigenvalue weighted by Gasteiger charge is -2.19. The monoisotopic (exact) mass is 326 g/mol. The maximum absolute atomic E-state index is 14.1. The van der Waals surface area contributed by atoms with Crippen molar-refractivity contribution < 1.29 is 17.6 Å². The van der Waals surface area contributed by atoms with Crippen molar-refractivity contribution in [2.75, 3.05) is 0 Å². The molecule has 0 spiro atoms. The number of hydrogen-bond acceptors (Lipinski definition) is 3. The number of fused-ring (bicyclic) bond motifs is 1. The van der Waals surface area contributed by atoms with Crippen molar-refractivity contribution in [3.63, 3.8) is 0 Å². The Morgan fingerprint density at radius 1 is 1.23 bits per heavy atom. The lowest BCUT2D eigenvalue weighted by atomic mass is 10.0. The lowest BCUT2D eigenvalue weighted by molar-refractivity contribution is 0.0999. The van der Waals surface area contributed by atoms with Gasteiger partial charge >= 0.3 is 0 Å². The Kier molecular flexibility index (Phi) is 3.94. The van der Waals surface area contributed by atoms with E-state index in [0.29, 0.717) is 31.2 Å². The number of hydrogen-bond donors (Lipinski definition) is 2. The van der Waals surface area contributed by atoms with Crippen molar-refractivity contribution in [1.29, 1.82) is 0 Å². The first-order valence-corrected chi connectivity index (χ1v) is 9.07. The van der Waals surface area contributed by atoms with Crippen molar-refractivity contribution >= 4 is 15.9 Å². The standard InChI is InChI=1S/C15H19FN2O3S/c16-12-7-5-11(15(17)19)10-6-8-13(14(10)12)18-22(20,21)9-3-1-2-4-9/h5,7,9,13,18H,1-4,6,8H2,(H2,17,19). The van der Waals surface area contributed by atoms with Gasteiger partial charge < -0.3 is 5.73 Å². The normalized spacial score (nSPS) is 22.0. The van der Waals surface area contributed by atoms with Crippen LogP contribution < -0.4 is 10.5 Å². The Balaban J connectivity index is 1.91. The topological polar surface area (TPSA) is 89.3 Å². The van der Waals surface area contributed by atoms with E-state index in [0.717, 1.165) is 12.8 Å². The number of rotatable bonds is 4. The molecule has 0 aliphatic heterocycles. The highest BCUT2D eigenvalue weighted by molar-refractivity contribution is 7.90. The molecule has 0 heterocycles. The molecule has 1 aromatic rings. The van der Waals surface area contributed by atoms with Gasteiger partial charge in [-0.05, 0) is 43.4 Å².